The van der Waals surface area contributed by atoms with Gasteiger partial charge in [-0.25, -0.2) is 4.98 Å². The van der Waals surface area contributed by atoms with E-state index < -0.39 is 0 Å². The zero-order valence-electron chi connectivity index (χ0n) is 16.5. The molecule has 1 fully saturated rings. The van der Waals surface area contributed by atoms with Gasteiger partial charge in [0.15, 0.2) is 5.17 Å². The number of aromatic nitrogens is 1. The first-order chi connectivity index (χ1) is 14.0. The van der Waals surface area contributed by atoms with E-state index in [9.17, 15) is 4.79 Å². The van der Waals surface area contributed by atoms with Gasteiger partial charge in [-0.05, 0) is 47.0 Å². The summed E-state index contributed by atoms with van der Waals surface area (Å²) < 4.78 is 0. The molecule has 2 aromatic rings. The number of carbonyl (C=O) groups excluding carboxylic acids is 1. The molecule has 0 atom stereocenters. The van der Waals surface area contributed by atoms with Crippen molar-refractivity contribution >= 4 is 46.3 Å². The average molecular weight is 427 g/mol. The lowest BCUT2D eigenvalue weighted by molar-refractivity contribution is -0.113. The van der Waals surface area contributed by atoms with Gasteiger partial charge >= 0.3 is 0 Å². The van der Waals surface area contributed by atoms with Crippen LogP contribution in [-0.4, -0.2) is 47.1 Å². The molecule has 1 aromatic heterocycles. The van der Waals surface area contributed by atoms with E-state index in [1.54, 1.807) is 6.07 Å². The number of rotatable bonds is 3. The second-order valence-corrected chi connectivity index (χ2v) is 8.82. The summed E-state index contributed by atoms with van der Waals surface area (Å²) in [5.41, 5.74) is 2.32. The molecule has 7 heteroatoms. The number of aliphatic imine (C=N–C) groups is 1. The fourth-order valence-electron chi connectivity index (χ4n) is 3.36. The molecule has 1 amide bonds. The van der Waals surface area contributed by atoms with Gasteiger partial charge in [-0.15, -0.1) is 0 Å². The van der Waals surface area contributed by atoms with E-state index in [4.69, 9.17) is 11.6 Å². The Balaban J connectivity index is 1.39. The summed E-state index contributed by atoms with van der Waals surface area (Å²) in [6, 6.07) is 14.0. The number of benzene rings is 1. The minimum absolute atomic E-state index is 0.156. The zero-order valence-corrected chi connectivity index (χ0v) is 18.1. The number of halogens is 1. The van der Waals surface area contributed by atoms with Crippen LogP contribution < -0.4 is 4.90 Å². The van der Waals surface area contributed by atoms with Gasteiger partial charge in [-0.2, -0.15) is 4.99 Å². The summed E-state index contributed by atoms with van der Waals surface area (Å²) >= 11 is 7.47. The molecule has 0 unspecified atom stereocenters. The Morgan fingerprint density at radius 1 is 1.03 bits per heavy atom. The summed E-state index contributed by atoms with van der Waals surface area (Å²) in [4.78, 5) is 26.1. The highest BCUT2D eigenvalue weighted by Crippen LogP contribution is 2.31. The number of carbonyl (C=O) groups is 1. The predicted molar refractivity (Wildman–Crippen MR) is 122 cm³/mol. The van der Waals surface area contributed by atoms with Crippen molar-refractivity contribution in [2.24, 2.45) is 4.99 Å². The average Bonchev–Trinajstić information content (AvgIpc) is 3.09. The summed E-state index contributed by atoms with van der Waals surface area (Å²) in [5, 5.41) is 1.29. The Labute approximate surface area is 180 Å². The van der Waals surface area contributed by atoms with E-state index >= 15 is 0 Å². The Morgan fingerprint density at radius 2 is 1.72 bits per heavy atom. The van der Waals surface area contributed by atoms with Crippen molar-refractivity contribution in [2.45, 2.75) is 19.8 Å². The largest absolute Gasteiger partial charge is 0.353 e. The number of pyridine rings is 1. The second-order valence-electron chi connectivity index (χ2n) is 7.42. The lowest BCUT2D eigenvalue weighted by atomic mass is 10.0. The molecule has 150 valence electrons. The van der Waals surface area contributed by atoms with Crippen LogP contribution in [0.25, 0.3) is 6.08 Å². The standard InChI is InChI=1S/C22H23ClN4OS/c1-15(2)17-8-6-16(7-9-17)14-18-21(28)25-22(29-18)27-12-10-26(11-13-27)20-5-3-4-19(23)24-20/h3-9,14-15H,10-13H2,1-2H3. The van der Waals surface area contributed by atoms with Crippen LogP contribution in [0.2, 0.25) is 5.15 Å². The van der Waals surface area contributed by atoms with E-state index in [2.05, 4.69) is 57.9 Å². The normalized spacial score (nSPS) is 18.7. The highest BCUT2D eigenvalue weighted by atomic mass is 35.5. The number of piperazine rings is 1. The molecule has 29 heavy (non-hydrogen) atoms. The van der Waals surface area contributed by atoms with Crippen LogP contribution in [0.1, 0.15) is 30.9 Å². The maximum Gasteiger partial charge on any atom is 0.286 e. The monoisotopic (exact) mass is 426 g/mol. The van der Waals surface area contributed by atoms with Crippen LogP contribution >= 0.6 is 23.4 Å². The van der Waals surface area contributed by atoms with Gasteiger partial charge in [-0.3, -0.25) is 4.79 Å². The molecule has 0 bridgehead atoms. The first-order valence-corrected chi connectivity index (χ1v) is 10.9. The van der Waals surface area contributed by atoms with E-state index in [0.29, 0.717) is 16.0 Å². The van der Waals surface area contributed by atoms with E-state index in [1.165, 1.54) is 17.3 Å². The molecular weight excluding hydrogens is 404 g/mol. The fourth-order valence-corrected chi connectivity index (χ4v) is 4.49. The van der Waals surface area contributed by atoms with Gasteiger partial charge < -0.3 is 9.80 Å². The molecular formula is C22H23ClN4OS. The van der Waals surface area contributed by atoms with Crippen LogP contribution in [-0.2, 0) is 4.79 Å². The van der Waals surface area contributed by atoms with Gasteiger partial charge in [0.05, 0.1) is 4.91 Å². The molecule has 1 saturated heterocycles. The Hall–Kier alpha value is -2.31. The van der Waals surface area contributed by atoms with Crippen molar-refractivity contribution in [2.75, 3.05) is 31.1 Å². The smallest absolute Gasteiger partial charge is 0.286 e. The first-order valence-electron chi connectivity index (χ1n) is 9.74. The predicted octanol–water partition coefficient (Wildman–Crippen LogP) is 4.65. The third-order valence-electron chi connectivity index (χ3n) is 5.08. The number of amidine groups is 1. The molecule has 0 saturated carbocycles. The molecule has 0 N–H and O–H groups in total. The SMILES string of the molecule is CC(C)c1ccc(C=C2SC(N3CCN(c4cccc(Cl)n4)CC3)=NC2=O)cc1. The summed E-state index contributed by atoms with van der Waals surface area (Å²) in [6.07, 6.45) is 1.93. The summed E-state index contributed by atoms with van der Waals surface area (Å²) in [6.45, 7) is 7.57. The number of hydrogen-bond donors (Lipinski definition) is 0. The van der Waals surface area contributed by atoms with Crippen molar-refractivity contribution in [3.05, 3.63) is 63.6 Å². The van der Waals surface area contributed by atoms with Crippen molar-refractivity contribution in [1.29, 1.82) is 0 Å². The molecule has 5 nitrogen and oxygen atoms in total. The quantitative estimate of drug-likeness (QED) is 0.528. The first kappa shape index (κ1) is 20.0. The molecule has 2 aliphatic heterocycles. The minimum Gasteiger partial charge on any atom is -0.353 e. The van der Waals surface area contributed by atoms with Gasteiger partial charge in [0.2, 0.25) is 0 Å². The van der Waals surface area contributed by atoms with Crippen LogP contribution in [0.3, 0.4) is 0 Å². The molecule has 0 radical (unpaired) electrons. The summed E-state index contributed by atoms with van der Waals surface area (Å²) in [5.74, 6) is 1.23. The molecule has 3 heterocycles. The van der Waals surface area contributed by atoms with E-state index in [0.717, 1.165) is 42.7 Å². The lowest BCUT2D eigenvalue weighted by Crippen LogP contribution is -2.48. The minimum atomic E-state index is -0.156. The molecule has 0 spiro atoms. The Bertz CT molecular complexity index is 963. The number of hydrogen-bond acceptors (Lipinski definition) is 5. The maximum atomic E-state index is 12.4. The highest BCUT2D eigenvalue weighted by molar-refractivity contribution is 8.18. The number of anilines is 1. The summed E-state index contributed by atoms with van der Waals surface area (Å²) in [7, 11) is 0. The van der Waals surface area contributed by atoms with Crippen LogP contribution in [0.5, 0.6) is 0 Å². The van der Waals surface area contributed by atoms with Crippen LogP contribution in [0, 0.1) is 0 Å². The van der Waals surface area contributed by atoms with Gasteiger partial charge in [0, 0.05) is 26.2 Å². The van der Waals surface area contributed by atoms with Gasteiger partial charge in [0.1, 0.15) is 11.0 Å². The van der Waals surface area contributed by atoms with Crippen LogP contribution in [0.15, 0.2) is 52.4 Å². The number of amides is 1. The number of nitrogens with zero attached hydrogens (tertiary/aromatic N) is 4. The van der Waals surface area contributed by atoms with Crippen LogP contribution in [0.4, 0.5) is 5.82 Å². The van der Waals surface area contributed by atoms with Crippen molar-refractivity contribution in [3.8, 4) is 0 Å². The molecule has 2 aliphatic rings. The fraction of sp³-hybridized carbons (Fsp3) is 0.318. The molecule has 4 rings (SSSR count). The topological polar surface area (TPSA) is 48.8 Å². The van der Waals surface area contributed by atoms with Crippen molar-refractivity contribution < 1.29 is 4.79 Å². The number of thioether (sulfide) groups is 1. The van der Waals surface area contributed by atoms with Gasteiger partial charge in [0.25, 0.3) is 5.91 Å². The maximum absolute atomic E-state index is 12.4. The highest BCUT2D eigenvalue weighted by Gasteiger charge is 2.28. The van der Waals surface area contributed by atoms with Crippen molar-refractivity contribution in [3.63, 3.8) is 0 Å². The van der Waals surface area contributed by atoms with E-state index in [-0.39, 0.29) is 5.91 Å². The van der Waals surface area contributed by atoms with Gasteiger partial charge in [-0.1, -0.05) is 55.8 Å². The zero-order chi connectivity index (χ0) is 20.4. The third kappa shape index (κ3) is 4.65. The Kier molecular flexibility index (Phi) is 5.92. The Morgan fingerprint density at radius 3 is 2.38 bits per heavy atom. The second kappa shape index (κ2) is 8.59. The van der Waals surface area contributed by atoms with E-state index in [1.807, 2.05) is 18.2 Å². The van der Waals surface area contributed by atoms with Crippen molar-refractivity contribution in [1.82, 2.24) is 9.88 Å². The third-order valence-corrected chi connectivity index (χ3v) is 6.34. The molecule has 1 aromatic carbocycles. The molecule has 0 aliphatic carbocycles. The lowest BCUT2D eigenvalue weighted by Gasteiger charge is -2.36.